The zero-order chi connectivity index (χ0) is 22.8. The van der Waals surface area contributed by atoms with Crippen LogP contribution in [0.25, 0.3) is 5.57 Å². The number of rotatable bonds is 4. The number of carbonyl (C=O) groups excluding carboxylic acids is 1. The maximum atomic E-state index is 12.6. The number of carbonyl (C=O) groups is 1. The van der Waals surface area contributed by atoms with Crippen LogP contribution in [0, 0.1) is 0 Å². The highest BCUT2D eigenvalue weighted by Gasteiger charge is 2.30. The van der Waals surface area contributed by atoms with Crippen LogP contribution in [-0.2, 0) is 11.8 Å². The van der Waals surface area contributed by atoms with E-state index in [-0.39, 0.29) is 12.2 Å². The summed E-state index contributed by atoms with van der Waals surface area (Å²) in [5.41, 5.74) is -0.224. The lowest BCUT2D eigenvalue weighted by atomic mass is 9.97. The number of nitrogens with one attached hydrogen (secondary N) is 1. The van der Waals surface area contributed by atoms with Gasteiger partial charge in [-0.15, -0.1) is 0 Å². The molecule has 31 heavy (non-hydrogen) atoms. The predicted molar refractivity (Wildman–Crippen MR) is 111 cm³/mol. The van der Waals surface area contributed by atoms with Crippen LogP contribution < -0.4 is 5.32 Å². The molecular formula is C21H21ClF3N3O3. The number of anilines is 1. The fourth-order valence-electron chi connectivity index (χ4n) is 3.07. The summed E-state index contributed by atoms with van der Waals surface area (Å²) in [7, 11) is 0. The number of halogens is 4. The molecule has 3 N–H and O–H groups in total. The van der Waals surface area contributed by atoms with Gasteiger partial charge in [0.25, 0.3) is 0 Å². The second-order valence-electron chi connectivity index (χ2n) is 7.42. The van der Waals surface area contributed by atoms with E-state index in [9.17, 15) is 28.2 Å². The van der Waals surface area contributed by atoms with E-state index in [1.54, 1.807) is 12.1 Å². The fourth-order valence-corrected chi connectivity index (χ4v) is 3.36. The SMILES string of the molecule is C[C@@](O)(CO)c1cnc(C2=CCN(C(=O)Nc3ccc(C(F)(F)F)cc3)CC2)c(Cl)c1. The van der Waals surface area contributed by atoms with Crippen LogP contribution in [0.4, 0.5) is 23.7 Å². The van der Waals surface area contributed by atoms with Gasteiger partial charge < -0.3 is 20.4 Å². The minimum absolute atomic E-state index is 0.268. The van der Waals surface area contributed by atoms with Gasteiger partial charge in [0.05, 0.1) is 22.9 Å². The number of hydrogen-bond acceptors (Lipinski definition) is 4. The molecule has 1 aliphatic heterocycles. The first-order valence-corrected chi connectivity index (χ1v) is 9.81. The maximum absolute atomic E-state index is 12.6. The molecular weight excluding hydrogens is 435 g/mol. The van der Waals surface area contributed by atoms with Crippen molar-refractivity contribution >= 4 is 28.9 Å². The standard InChI is InChI=1S/C21H21ClF3N3O3/c1-20(31,12-29)15-10-17(22)18(26-11-15)13-6-8-28(9-7-13)19(30)27-16-4-2-14(3-5-16)21(23,24)25/h2-6,10-11,29,31H,7-9,12H2,1H3,(H,27,30)/t20-/m1/s1. The van der Waals surface area contributed by atoms with E-state index in [1.165, 1.54) is 30.2 Å². The third kappa shape index (κ3) is 5.36. The van der Waals surface area contributed by atoms with Gasteiger partial charge in [0.1, 0.15) is 5.60 Å². The third-order valence-electron chi connectivity index (χ3n) is 5.03. The number of nitrogens with zero attached hydrogens (tertiary/aromatic N) is 2. The summed E-state index contributed by atoms with van der Waals surface area (Å²) in [6.07, 6.45) is -0.712. The van der Waals surface area contributed by atoms with Crippen LogP contribution in [-0.4, -0.2) is 45.8 Å². The molecule has 2 amide bonds. The highest BCUT2D eigenvalue weighted by atomic mass is 35.5. The molecule has 6 nitrogen and oxygen atoms in total. The van der Waals surface area contributed by atoms with Crippen molar-refractivity contribution in [2.24, 2.45) is 0 Å². The quantitative estimate of drug-likeness (QED) is 0.642. The summed E-state index contributed by atoms with van der Waals surface area (Å²) >= 11 is 6.31. The van der Waals surface area contributed by atoms with Crippen molar-refractivity contribution in [3.05, 3.63) is 64.4 Å². The molecule has 1 aromatic heterocycles. The van der Waals surface area contributed by atoms with Gasteiger partial charge in [-0.3, -0.25) is 4.98 Å². The van der Waals surface area contributed by atoms with Gasteiger partial charge in [0.2, 0.25) is 0 Å². The van der Waals surface area contributed by atoms with Crippen molar-refractivity contribution < 1.29 is 28.2 Å². The molecule has 0 bridgehead atoms. The van der Waals surface area contributed by atoms with Gasteiger partial charge in [0, 0.05) is 30.5 Å². The topological polar surface area (TPSA) is 85.7 Å². The number of alkyl halides is 3. The Labute approximate surface area is 182 Å². The van der Waals surface area contributed by atoms with E-state index in [1.807, 2.05) is 0 Å². The predicted octanol–water partition coefficient (Wildman–Crippen LogP) is 4.27. The van der Waals surface area contributed by atoms with E-state index in [2.05, 4.69) is 10.3 Å². The summed E-state index contributed by atoms with van der Waals surface area (Å²) in [6.45, 7) is 1.62. The van der Waals surface area contributed by atoms with Gasteiger partial charge in [-0.2, -0.15) is 13.2 Å². The largest absolute Gasteiger partial charge is 0.416 e. The van der Waals surface area contributed by atoms with Gasteiger partial charge in [-0.25, -0.2) is 4.79 Å². The lowest BCUT2D eigenvalue weighted by Gasteiger charge is -2.27. The van der Waals surface area contributed by atoms with Crippen molar-refractivity contribution in [1.29, 1.82) is 0 Å². The molecule has 0 fully saturated rings. The second-order valence-corrected chi connectivity index (χ2v) is 7.82. The van der Waals surface area contributed by atoms with Crippen LogP contribution in [0.2, 0.25) is 5.02 Å². The van der Waals surface area contributed by atoms with Crippen LogP contribution in [0.5, 0.6) is 0 Å². The number of pyridine rings is 1. The molecule has 3 rings (SSSR count). The Morgan fingerprint density at radius 1 is 1.26 bits per heavy atom. The van der Waals surface area contributed by atoms with Crippen LogP contribution in [0.1, 0.15) is 30.2 Å². The van der Waals surface area contributed by atoms with Crippen LogP contribution >= 0.6 is 11.6 Å². The van der Waals surface area contributed by atoms with Gasteiger partial charge in [-0.1, -0.05) is 17.7 Å². The molecule has 10 heteroatoms. The first kappa shape index (κ1) is 23.1. The number of urea groups is 1. The van der Waals surface area contributed by atoms with Crippen molar-refractivity contribution in [2.75, 3.05) is 25.0 Å². The summed E-state index contributed by atoms with van der Waals surface area (Å²) in [4.78, 5) is 18.2. The van der Waals surface area contributed by atoms with Crippen molar-refractivity contribution in [3.8, 4) is 0 Å². The lowest BCUT2D eigenvalue weighted by molar-refractivity contribution is -0.137. The van der Waals surface area contributed by atoms with Crippen molar-refractivity contribution in [2.45, 2.75) is 25.1 Å². The molecule has 0 radical (unpaired) electrons. The Balaban J connectivity index is 1.65. The molecule has 0 aliphatic carbocycles. The summed E-state index contributed by atoms with van der Waals surface area (Å²) in [5, 5.41) is 22.3. The Morgan fingerprint density at radius 3 is 2.45 bits per heavy atom. The molecule has 0 spiro atoms. The number of aliphatic hydroxyl groups excluding tert-OH is 1. The summed E-state index contributed by atoms with van der Waals surface area (Å²) in [6, 6.07) is 5.36. The highest BCUT2D eigenvalue weighted by molar-refractivity contribution is 6.32. The number of hydrogen-bond donors (Lipinski definition) is 3. The smallest absolute Gasteiger partial charge is 0.393 e. The summed E-state index contributed by atoms with van der Waals surface area (Å²) in [5.74, 6) is 0. The van der Waals surface area contributed by atoms with Gasteiger partial charge in [0.15, 0.2) is 0 Å². The van der Waals surface area contributed by atoms with Crippen LogP contribution in [0.3, 0.4) is 0 Å². The number of benzene rings is 1. The van der Waals surface area contributed by atoms with Crippen molar-refractivity contribution in [3.63, 3.8) is 0 Å². The fraction of sp³-hybridized carbons (Fsp3) is 0.333. The highest BCUT2D eigenvalue weighted by Crippen LogP contribution is 2.31. The van der Waals surface area contributed by atoms with Gasteiger partial charge >= 0.3 is 12.2 Å². The average molecular weight is 456 g/mol. The molecule has 0 unspecified atom stereocenters. The number of amides is 2. The molecule has 0 saturated heterocycles. The zero-order valence-electron chi connectivity index (χ0n) is 16.6. The van der Waals surface area contributed by atoms with E-state index >= 15 is 0 Å². The molecule has 2 aromatic rings. The van der Waals surface area contributed by atoms with E-state index in [0.717, 1.165) is 17.7 Å². The molecule has 0 saturated carbocycles. The zero-order valence-corrected chi connectivity index (χ0v) is 17.3. The van der Waals surface area contributed by atoms with E-state index < -0.39 is 30.0 Å². The monoisotopic (exact) mass is 455 g/mol. The first-order chi connectivity index (χ1) is 14.5. The molecule has 1 aliphatic rings. The first-order valence-electron chi connectivity index (χ1n) is 9.43. The normalized spacial score (nSPS) is 16.5. The van der Waals surface area contributed by atoms with Gasteiger partial charge in [-0.05, 0) is 49.2 Å². The van der Waals surface area contributed by atoms with E-state index in [4.69, 9.17) is 11.6 Å². The van der Waals surface area contributed by atoms with E-state index in [0.29, 0.717) is 29.2 Å². The summed E-state index contributed by atoms with van der Waals surface area (Å²) < 4.78 is 37.9. The molecule has 2 heterocycles. The Kier molecular flexibility index (Phi) is 6.59. The minimum Gasteiger partial charge on any atom is -0.393 e. The van der Waals surface area contributed by atoms with Crippen LogP contribution in [0.15, 0.2) is 42.6 Å². The molecule has 166 valence electrons. The minimum atomic E-state index is -4.43. The Hall–Kier alpha value is -2.62. The molecule has 1 aromatic carbocycles. The Morgan fingerprint density at radius 2 is 1.94 bits per heavy atom. The second kappa shape index (κ2) is 8.86. The maximum Gasteiger partial charge on any atom is 0.416 e. The number of aromatic nitrogens is 1. The average Bonchev–Trinajstić information content (AvgIpc) is 2.73. The van der Waals surface area contributed by atoms with Crippen molar-refractivity contribution in [1.82, 2.24) is 9.88 Å². The Bertz CT molecular complexity index is 992. The lowest BCUT2D eigenvalue weighted by Crippen LogP contribution is -2.38. The molecule has 1 atom stereocenters. The third-order valence-corrected chi connectivity index (χ3v) is 5.32. The number of aliphatic hydroxyl groups is 2.